The minimum Gasteiger partial charge on any atom is -0.496 e. The SMILES string of the molecule is CN=C(NCCCS(C)(=O)=O)NCCc1cc(C)ccc1OC. The minimum atomic E-state index is -2.91. The molecule has 0 saturated heterocycles. The summed E-state index contributed by atoms with van der Waals surface area (Å²) in [6.07, 6.45) is 2.62. The second-order valence-corrected chi connectivity index (χ2v) is 7.73. The lowest BCUT2D eigenvalue weighted by molar-refractivity contribution is 0.409. The van der Waals surface area contributed by atoms with E-state index in [2.05, 4.69) is 28.6 Å². The Kier molecular flexibility index (Phi) is 7.88. The maximum Gasteiger partial charge on any atom is 0.190 e. The average Bonchev–Trinajstić information content (AvgIpc) is 2.49. The van der Waals surface area contributed by atoms with Crippen molar-refractivity contribution in [2.24, 2.45) is 4.99 Å². The van der Waals surface area contributed by atoms with E-state index in [-0.39, 0.29) is 5.75 Å². The number of hydrogen-bond acceptors (Lipinski definition) is 4. The van der Waals surface area contributed by atoms with Gasteiger partial charge in [0.05, 0.1) is 12.9 Å². The van der Waals surface area contributed by atoms with Gasteiger partial charge in [0, 0.05) is 26.4 Å². The average molecular weight is 341 g/mol. The number of nitrogens with one attached hydrogen (secondary N) is 2. The molecule has 0 atom stereocenters. The van der Waals surface area contributed by atoms with Gasteiger partial charge in [-0.25, -0.2) is 8.42 Å². The molecule has 0 aliphatic rings. The van der Waals surface area contributed by atoms with Gasteiger partial charge in [-0.05, 0) is 31.4 Å². The molecule has 0 aliphatic carbocycles. The third-order valence-electron chi connectivity index (χ3n) is 3.33. The number of methoxy groups -OCH3 is 1. The van der Waals surface area contributed by atoms with Crippen molar-refractivity contribution >= 4 is 15.8 Å². The second-order valence-electron chi connectivity index (χ2n) is 5.47. The van der Waals surface area contributed by atoms with E-state index < -0.39 is 9.84 Å². The summed E-state index contributed by atoms with van der Waals surface area (Å²) in [6.45, 7) is 3.34. The largest absolute Gasteiger partial charge is 0.496 e. The van der Waals surface area contributed by atoms with Crippen LogP contribution in [-0.2, 0) is 16.3 Å². The topological polar surface area (TPSA) is 79.8 Å². The van der Waals surface area contributed by atoms with Crippen LogP contribution >= 0.6 is 0 Å². The molecule has 1 rings (SSSR count). The van der Waals surface area contributed by atoms with Crippen LogP contribution in [0.4, 0.5) is 0 Å². The van der Waals surface area contributed by atoms with Crippen LogP contribution in [0.2, 0.25) is 0 Å². The normalized spacial score (nSPS) is 12.1. The van der Waals surface area contributed by atoms with Crippen molar-refractivity contribution in [2.75, 3.05) is 39.3 Å². The molecule has 7 heteroatoms. The predicted molar refractivity (Wildman–Crippen MR) is 95.1 cm³/mol. The Hall–Kier alpha value is -1.76. The highest BCUT2D eigenvalue weighted by Gasteiger charge is 2.05. The Morgan fingerprint density at radius 3 is 2.57 bits per heavy atom. The number of rotatable bonds is 8. The molecule has 1 aromatic carbocycles. The fourth-order valence-corrected chi connectivity index (χ4v) is 2.85. The Bertz CT molecular complexity index is 627. The van der Waals surface area contributed by atoms with Gasteiger partial charge >= 0.3 is 0 Å². The Labute approximate surface area is 139 Å². The summed E-state index contributed by atoms with van der Waals surface area (Å²) in [5.41, 5.74) is 2.34. The Balaban J connectivity index is 2.39. The van der Waals surface area contributed by atoms with Gasteiger partial charge in [-0.3, -0.25) is 4.99 Å². The molecule has 0 fully saturated rings. The standard InChI is InChI=1S/C16H27N3O3S/c1-13-6-7-15(22-3)14(12-13)8-10-19-16(17-2)18-9-5-11-23(4,20)21/h6-7,12H,5,8-11H2,1-4H3,(H2,17,18,19). The fraction of sp³-hybridized carbons (Fsp3) is 0.562. The van der Waals surface area contributed by atoms with Crippen molar-refractivity contribution in [3.8, 4) is 5.75 Å². The summed E-state index contributed by atoms with van der Waals surface area (Å²) < 4.78 is 27.5. The second kappa shape index (κ2) is 9.39. The van der Waals surface area contributed by atoms with Gasteiger partial charge < -0.3 is 15.4 Å². The van der Waals surface area contributed by atoms with Gasteiger partial charge in [-0.2, -0.15) is 0 Å². The van der Waals surface area contributed by atoms with E-state index >= 15 is 0 Å². The molecule has 1 aromatic rings. The molecule has 0 heterocycles. The van der Waals surface area contributed by atoms with Crippen LogP contribution in [0.1, 0.15) is 17.5 Å². The van der Waals surface area contributed by atoms with Gasteiger partial charge in [-0.1, -0.05) is 17.7 Å². The Morgan fingerprint density at radius 1 is 1.26 bits per heavy atom. The zero-order chi connectivity index (χ0) is 17.3. The molecule has 0 amide bonds. The number of hydrogen-bond donors (Lipinski definition) is 2. The van der Waals surface area contributed by atoms with Crippen molar-refractivity contribution in [1.82, 2.24) is 10.6 Å². The minimum absolute atomic E-state index is 0.178. The summed E-state index contributed by atoms with van der Waals surface area (Å²) in [7, 11) is 0.456. The number of guanidine groups is 1. The third-order valence-corrected chi connectivity index (χ3v) is 4.36. The van der Waals surface area contributed by atoms with Gasteiger partial charge in [-0.15, -0.1) is 0 Å². The zero-order valence-electron chi connectivity index (χ0n) is 14.3. The monoisotopic (exact) mass is 341 g/mol. The number of aryl methyl sites for hydroxylation is 1. The van der Waals surface area contributed by atoms with Gasteiger partial charge in [0.15, 0.2) is 5.96 Å². The molecule has 0 bridgehead atoms. The number of aliphatic imine (C=N–C) groups is 1. The molecule has 0 spiro atoms. The summed E-state index contributed by atoms with van der Waals surface area (Å²) in [5, 5.41) is 6.33. The molecule has 2 N–H and O–H groups in total. The highest BCUT2D eigenvalue weighted by Crippen LogP contribution is 2.19. The van der Waals surface area contributed by atoms with Crippen LogP contribution in [0.25, 0.3) is 0 Å². The molecule has 23 heavy (non-hydrogen) atoms. The number of benzene rings is 1. The lowest BCUT2D eigenvalue weighted by atomic mass is 10.1. The van der Waals surface area contributed by atoms with E-state index in [1.165, 1.54) is 11.8 Å². The van der Waals surface area contributed by atoms with Crippen molar-refractivity contribution < 1.29 is 13.2 Å². The number of nitrogens with zero attached hydrogens (tertiary/aromatic N) is 1. The van der Waals surface area contributed by atoms with E-state index in [0.29, 0.717) is 25.5 Å². The van der Waals surface area contributed by atoms with Crippen LogP contribution in [0.5, 0.6) is 5.75 Å². The van der Waals surface area contributed by atoms with Gasteiger partial charge in [0.1, 0.15) is 15.6 Å². The molecular formula is C16H27N3O3S. The predicted octanol–water partition coefficient (Wildman–Crippen LogP) is 1.15. The van der Waals surface area contributed by atoms with Crippen molar-refractivity contribution in [2.45, 2.75) is 19.8 Å². The molecular weight excluding hydrogens is 314 g/mol. The van der Waals surface area contributed by atoms with E-state index in [0.717, 1.165) is 17.7 Å². The number of sulfone groups is 1. The van der Waals surface area contributed by atoms with Crippen LogP contribution < -0.4 is 15.4 Å². The maximum absolute atomic E-state index is 11.1. The molecule has 0 unspecified atom stereocenters. The van der Waals surface area contributed by atoms with E-state index in [4.69, 9.17) is 4.74 Å². The first-order valence-corrected chi connectivity index (χ1v) is 9.67. The Morgan fingerprint density at radius 2 is 1.96 bits per heavy atom. The third kappa shape index (κ3) is 7.88. The molecule has 0 aromatic heterocycles. The maximum atomic E-state index is 11.1. The smallest absolute Gasteiger partial charge is 0.190 e. The summed E-state index contributed by atoms with van der Waals surface area (Å²) in [5.74, 6) is 1.73. The summed E-state index contributed by atoms with van der Waals surface area (Å²) in [4.78, 5) is 4.13. The van der Waals surface area contributed by atoms with E-state index in [1.54, 1.807) is 14.2 Å². The van der Waals surface area contributed by atoms with Crippen LogP contribution in [0, 0.1) is 6.92 Å². The number of ether oxygens (including phenoxy) is 1. The first kappa shape index (κ1) is 19.3. The van der Waals surface area contributed by atoms with Gasteiger partial charge in [0.25, 0.3) is 0 Å². The lowest BCUT2D eigenvalue weighted by Crippen LogP contribution is -2.39. The summed E-state index contributed by atoms with van der Waals surface area (Å²) in [6, 6.07) is 6.11. The van der Waals surface area contributed by atoms with Crippen LogP contribution in [0.3, 0.4) is 0 Å². The fourth-order valence-electron chi connectivity index (χ4n) is 2.18. The van der Waals surface area contributed by atoms with Crippen LogP contribution in [-0.4, -0.2) is 53.6 Å². The highest BCUT2D eigenvalue weighted by molar-refractivity contribution is 7.90. The van der Waals surface area contributed by atoms with Crippen molar-refractivity contribution in [3.05, 3.63) is 29.3 Å². The van der Waals surface area contributed by atoms with E-state index in [1.807, 2.05) is 12.1 Å². The zero-order valence-corrected chi connectivity index (χ0v) is 15.2. The van der Waals surface area contributed by atoms with Gasteiger partial charge in [0.2, 0.25) is 0 Å². The molecule has 130 valence electrons. The lowest BCUT2D eigenvalue weighted by Gasteiger charge is -2.13. The van der Waals surface area contributed by atoms with E-state index in [9.17, 15) is 8.42 Å². The molecule has 0 saturated carbocycles. The van der Waals surface area contributed by atoms with Crippen LogP contribution in [0.15, 0.2) is 23.2 Å². The van der Waals surface area contributed by atoms with Crippen molar-refractivity contribution in [3.63, 3.8) is 0 Å². The molecule has 0 radical (unpaired) electrons. The highest BCUT2D eigenvalue weighted by atomic mass is 32.2. The molecule has 6 nitrogen and oxygen atoms in total. The summed E-state index contributed by atoms with van der Waals surface area (Å²) >= 11 is 0. The first-order chi connectivity index (χ1) is 10.9. The van der Waals surface area contributed by atoms with Crippen molar-refractivity contribution in [1.29, 1.82) is 0 Å². The first-order valence-electron chi connectivity index (χ1n) is 7.61. The molecule has 0 aliphatic heterocycles. The quantitative estimate of drug-likeness (QED) is 0.421.